The molecule has 0 spiro atoms. The molecule has 0 saturated carbocycles. The number of aromatic nitrogens is 1. The van der Waals surface area contributed by atoms with E-state index in [1.807, 2.05) is 6.20 Å². The quantitative estimate of drug-likeness (QED) is 0.748. The molecule has 4 heteroatoms. The maximum absolute atomic E-state index is 6.25. The van der Waals surface area contributed by atoms with Gasteiger partial charge in [-0.15, -0.1) is 0 Å². The molecule has 17 heavy (non-hydrogen) atoms. The molecule has 0 amide bonds. The van der Waals surface area contributed by atoms with Crippen LogP contribution in [0.5, 0.6) is 5.88 Å². The summed E-state index contributed by atoms with van der Waals surface area (Å²) in [6.07, 6.45) is 2.75. The second-order valence-electron chi connectivity index (χ2n) is 5.83. The number of rotatable bonds is 3. The lowest BCUT2D eigenvalue weighted by Crippen LogP contribution is -2.44. The molecule has 1 rings (SSSR count). The SMILES string of the molecule is CCc1cc(Br)cnc1O[Si](C)(C)C(C)(C)C. The van der Waals surface area contributed by atoms with Gasteiger partial charge in [0.05, 0.1) is 0 Å². The first kappa shape index (κ1) is 14.7. The molecule has 0 N–H and O–H groups in total. The normalized spacial score (nSPS) is 12.6. The summed E-state index contributed by atoms with van der Waals surface area (Å²) in [6, 6.07) is 2.09. The fourth-order valence-electron chi connectivity index (χ4n) is 1.21. The summed E-state index contributed by atoms with van der Waals surface area (Å²) in [5, 5.41) is 0.201. The molecular formula is C13H22BrNOSi. The van der Waals surface area contributed by atoms with Gasteiger partial charge in [-0.2, -0.15) is 0 Å². The van der Waals surface area contributed by atoms with E-state index in [9.17, 15) is 0 Å². The molecule has 2 nitrogen and oxygen atoms in total. The number of halogens is 1. The van der Waals surface area contributed by atoms with Crippen LogP contribution in [-0.2, 0) is 6.42 Å². The van der Waals surface area contributed by atoms with Gasteiger partial charge < -0.3 is 4.43 Å². The van der Waals surface area contributed by atoms with Crippen molar-refractivity contribution in [3.63, 3.8) is 0 Å². The number of hydrogen-bond donors (Lipinski definition) is 0. The maximum Gasteiger partial charge on any atom is 0.252 e. The third-order valence-electron chi connectivity index (χ3n) is 3.43. The molecule has 0 aliphatic rings. The van der Waals surface area contributed by atoms with E-state index in [-0.39, 0.29) is 5.04 Å². The predicted molar refractivity (Wildman–Crippen MR) is 79.1 cm³/mol. The van der Waals surface area contributed by atoms with Gasteiger partial charge in [-0.1, -0.05) is 27.7 Å². The van der Waals surface area contributed by atoms with E-state index < -0.39 is 8.32 Å². The number of pyridine rings is 1. The Balaban J connectivity index is 3.03. The first-order valence-corrected chi connectivity index (χ1v) is 9.71. The van der Waals surface area contributed by atoms with Crippen molar-refractivity contribution in [2.45, 2.75) is 52.2 Å². The van der Waals surface area contributed by atoms with Crippen LogP contribution in [0.25, 0.3) is 0 Å². The monoisotopic (exact) mass is 315 g/mol. The molecule has 0 saturated heterocycles. The topological polar surface area (TPSA) is 22.1 Å². The van der Waals surface area contributed by atoms with Gasteiger partial charge in [-0.25, -0.2) is 4.98 Å². The van der Waals surface area contributed by atoms with Gasteiger partial charge in [0, 0.05) is 16.2 Å². The summed E-state index contributed by atoms with van der Waals surface area (Å²) in [5.74, 6) is 0.808. The Kier molecular flexibility index (Phi) is 4.41. The van der Waals surface area contributed by atoms with Crippen LogP contribution in [0.1, 0.15) is 33.3 Å². The van der Waals surface area contributed by atoms with Crippen molar-refractivity contribution in [1.29, 1.82) is 0 Å². The van der Waals surface area contributed by atoms with Crippen LogP contribution >= 0.6 is 15.9 Å². The van der Waals surface area contributed by atoms with Crippen molar-refractivity contribution in [1.82, 2.24) is 4.98 Å². The van der Waals surface area contributed by atoms with Crippen molar-refractivity contribution in [3.8, 4) is 5.88 Å². The average molecular weight is 316 g/mol. The molecule has 1 aromatic rings. The molecule has 0 radical (unpaired) electrons. The molecule has 1 heterocycles. The lowest BCUT2D eigenvalue weighted by Gasteiger charge is -2.36. The maximum atomic E-state index is 6.25. The van der Waals surface area contributed by atoms with Gasteiger partial charge in [0.25, 0.3) is 8.32 Å². The lowest BCUT2D eigenvalue weighted by atomic mass is 10.2. The van der Waals surface area contributed by atoms with E-state index >= 15 is 0 Å². The number of hydrogen-bond acceptors (Lipinski definition) is 2. The molecular weight excluding hydrogens is 294 g/mol. The smallest absolute Gasteiger partial charge is 0.252 e. The van der Waals surface area contributed by atoms with Crippen LogP contribution in [0.4, 0.5) is 0 Å². The Bertz CT molecular complexity index is 399. The highest BCUT2D eigenvalue weighted by atomic mass is 79.9. The Morgan fingerprint density at radius 1 is 1.35 bits per heavy atom. The Labute approximate surface area is 114 Å². The highest BCUT2D eigenvalue weighted by Crippen LogP contribution is 2.37. The van der Waals surface area contributed by atoms with E-state index in [2.05, 4.69) is 67.8 Å². The first-order valence-electron chi connectivity index (χ1n) is 6.01. The zero-order valence-corrected chi connectivity index (χ0v) is 14.2. The third-order valence-corrected chi connectivity index (χ3v) is 8.18. The summed E-state index contributed by atoms with van der Waals surface area (Å²) in [4.78, 5) is 4.41. The highest BCUT2D eigenvalue weighted by Gasteiger charge is 2.39. The summed E-state index contributed by atoms with van der Waals surface area (Å²) < 4.78 is 7.26. The molecule has 96 valence electrons. The molecule has 0 fully saturated rings. The summed E-state index contributed by atoms with van der Waals surface area (Å²) in [6.45, 7) is 13.3. The van der Waals surface area contributed by atoms with Crippen LogP contribution in [0.15, 0.2) is 16.7 Å². The second kappa shape index (κ2) is 5.10. The minimum atomic E-state index is -1.79. The van der Waals surface area contributed by atoms with Crippen LogP contribution < -0.4 is 4.43 Å². The average Bonchev–Trinajstić information content (AvgIpc) is 2.18. The third kappa shape index (κ3) is 3.55. The molecule has 0 aliphatic carbocycles. The first-order chi connectivity index (χ1) is 7.67. The van der Waals surface area contributed by atoms with Gasteiger partial charge in [0.1, 0.15) is 0 Å². The number of nitrogens with zero attached hydrogens (tertiary/aromatic N) is 1. The Morgan fingerprint density at radius 2 is 1.94 bits per heavy atom. The van der Waals surface area contributed by atoms with Crippen molar-refractivity contribution in [2.75, 3.05) is 0 Å². The van der Waals surface area contributed by atoms with Crippen LogP contribution in [0.2, 0.25) is 18.1 Å². The molecule has 0 bridgehead atoms. The van der Waals surface area contributed by atoms with Crippen molar-refractivity contribution >= 4 is 24.2 Å². The number of aryl methyl sites for hydroxylation is 1. The van der Waals surface area contributed by atoms with Gasteiger partial charge >= 0.3 is 0 Å². The van der Waals surface area contributed by atoms with Crippen LogP contribution in [0.3, 0.4) is 0 Å². The molecule has 0 aliphatic heterocycles. The summed E-state index contributed by atoms with van der Waals surface area (Å²) in [5.41, 5.74) is 1.17. The van der Waals surface area contributed by atoms with Crippen molar-refractivity contribution in [3.05, 3.63) is 22.3 Å². The molecule has 0 unspecified atom stereocenters. The minimum Gasteiger partial charge on any atom is -0.530 e. The van der Waals surface area contributed by atoms with Gasteiger partial charge in [0.15, 0.2) is 0 Å². The Morgan fingerprint density at radius 3 is 2.41 bits per heavy atom. The molecule has 0 aromatic carbocycles. The standard InChI is InChI=1S/C13H22BrNOSi/c1-7-10-8-11(14)9-15-12(10)16-17(5,6)13(2,3)4/h8-9H,7H2,1-6H3. The lowest BCUT2D eigenvalue weighted by molar-refractivity contribution is 0.471. The Hall–Kier alpha value is -0.353. The molecule has 0 atom stereocenters. The predicted octanol–water partition coefficient (Wildman–Crippen LogP) is 4.79. The van der Waals surface area contributed by atoms with E-state index in [0.29, 0.717) is 0 Å². The van der Waals surface area contributed by atoms with E-state index in [4.69, 9.17) is 4.43 Å². The van der Waals surface area contributed by atoms with Crippen molar-refractivity contribution < 1.29 is 4.43 Å². The van der Waals surface area contributed by atoms with Gasteiger partial charge in [0.2, 0.25) is 5.88 Å². The van der Waals surface area contributed by atoms with Gasteiger partial charge in [-0.05, 0) is 46.5 Å². The fourth-order valence-corrected chi connectivity index (χ4v) is 2.56. The minimum absolute atomic E-state index is 0.201. The fraction of sp³-hybridized carbons (Fsp3) is 0.615. The largest absolute Gasteiger partial charge is 0.530 e. The zero-order valence-electron chi connectivity index (χ0n) is 11.6. The highest BCUT2D eigenvalue weighted by molar-refractivity contribution is 9.10. The van der Waals surface area contributed by atoms with Crippen LogP contribution in [-0.4, -0.2) is 13.3 Å². The zero-order chi connectivity index (χ0) is 13.3. The van der Waals surface area contributed by atoms with Gasteiger partial charge in [-0.3, -0.25) is 0 Å². The second-order valence-corrected chi connectivity index (χ2v) is 11.5. The van der Waals surface area contributed by atoms with Crippen LogP contribution in [0, 0.1) is 0 Å². The van der Waals surface area contributed by atoms with E-state index in [1.54, 1.807) is 0 Å². The summed E-state index contributed by atoms with van der Waals surface area (Å²) >= 11 is 3.45. The van der Waals surface area contributed by atoms with E-state index in [0.717, 1.165) is 16.8 Å². The van der Waals surface area contributed by atoms with E-state index in [1.165, 1.54) is 5.56 Å². The molecule has 1 aromatic heterocycles. The van der Waals surface area contributed by atoms with Crippen molar-refractivity contribution in [2.24, 2.45) is 0 Å². The summed E-state index contributed by atoms with van der Waals surface area (Å²) in [7, 11) is -1.79.